The van der Waals surface area contributed by atoms with E-state index in [9.17, 15) is 4.79 Å². The van der Waals surface area contributed by atoms with Crippen LogP contribution in [-0.2, 0) is 4.79 Å². The van der Waals surface area contributed by atoms with Crippen molar-refractivity contribution >= 4 is 16.7 Å². The maximum atomic E-state index is 12.4. The van der Waals surface area contributed by atoms with Gasteiger partial charge in [0.1, 0.15) is 18.7 Å². The first-order valence-electron chi connectivity index (χ1n) is 7.29. The monoisotopic (exact) mass is 294 g/mol. The first-order valence-corrected chi connectivity index (χ1v) is 7.29. The average molecular weight is 294 g/mol. The van der Waals surface area contributed by atoms with E-state index in [2.05, 4.69) is 33.6 Å². The molecule has 3 rings (SSSR count). The molecule has 0 saturated carbocycles. The summed E-state index contributed by atoms with van der Waals surface area (Å²) >= 11 is 0. The molecule has 5 nitrogen and oxygen atoms in total. The Morgan fingerprint density at radius 2 is 1.91 bits per heavy atom. The van der Waals surface area contributed by atoms with E-state index >= 15 is 0 Å². The Bertz CT molecular complexity index is 777. The topological polar surface area (TPSA) is 59.8 Å². The van der Waals surface area contributed by atoms with Crippen molar-refractivity contribution in [2.24, 2.45) is 0 Å². The Morgan fingerprint density at radius 3 is 2.68 bits per heavy atom. The quantitative estimate of drug-likeness (QED) is 0.805. The van der Waals surface area contributed by atoms with Crippen LogP contribution in [0.4, 0.5) is 0 Å². The van der Waals surface area contributed by atoms with Gasteiger partial charge in [0.05, 0.1) is 6.04 Å². The zero-order chi connectivity index (χ0) is 15.5. The van der Waals surface area contributed by atoms with Crippen molar-refractivity contribution in [2.45, 2.75) is 25.9 Å². The van der Waals surface area contributed by atoms with E-state index in [0.717, 1.165) is 10.9 Å². The Kier molecular flexibility index (Phi) is 3.87. The van der Waals surface area contributed by atoms with Crippen molar-refractivity contribution in [1.29, 1.82) is 0 Å². The highest BCUT2D eigenvalue weighted by molar-refractivity contribution is 5.87. The maximum Gasteiger partial charge on any atom is 0.245 e. The second-order valence-electron chi connectivity index (χ2n) is 5.35. The number of benzene rings is 2. The van der Waals surface area contributed by atoms with Crippen LogP contribution in [0.1, 0.15) is 31.5 Å². The number of hydrogen-bond donors (Lipinski definition) is 1. The summed E-state index contributed by atoms with van der Waals surface area (Å²) in [6.07, 6.45) is 2.98. The predicted molar refractivity (Wildman–Crippen MR) is 85.2 cm³/mol. The molecule has 22 heavy (non-hydrogen) atoms. The summed E-state index contributed by atoms with van der Waals surface area (Å²) in [6, 6.07) is 13.9. The lowest BCUT2D eigenvalue weighted by Crippen LogP contribution is -2.33. The molecule has 1 amide bonds. The van der Waals surface area contributed by atoms with Gasteiger partial charge in [-0.15, -0.1) is 0 Å². The molecule has 1 N–H and O–H groups in total. The standard InChI is InChI=1S/C17H18N4O/c1-12(20-17(22)13(2)21-11-18-10-19-21)15-9-5-7-14-6-3-4-8-16(14)15/h3-13H,1-2H3,(H,20,22). The summed E-state index contributed by atoms with van der Waals surface area (Å²) in [5.41, 5.74) is 1.11. The lowest BCUT2D eigenvalue weighted by atomic mass is 9.99. The molecule has 0 aliphatic rings. The van der Waals surface area contributed by atoms with Gasteiger partial charge in [-0.1, -0.05) is 42.5 Å². The highest BCUT2D eigenvalue weighted by atomic mass is 16.2. The van der Waals surface area contributed by atoms with Gasteiger partial charge in [0.25, 0.3) is 0 Å². The second kappa shape index (κ2) is 5.97. The molecule has 3 aromatic rings. The molecule has 2 atom stereocenters. The average Bonchev–Trinajstić information content (AvgIpc) is 3.07. The third-order valence-corrected chi connectivity index (χ3v) is 3.86. The van der Waals surface area contributed by atoms with Gasteiger partial charge < -0.3 is 5.32 Å². The first-order chi connectivity index (χ1) is 10.7. The van der Waals surface area contributed by atoms with Gasteiger partial charge in [0, 0.05) is 0 Å². The second-order valence-corrected chi connectivity index (χ2v) is 5.35. The zero-order valence-corrected chi connectivity index (χ0v) is 12.6. The fourth-order valence-corrected chi connectivity index (χ4v) is 2.58. The number of nitrogens with one attached hydrogen (secondary N) is 1. The van der Waals surface area contributed by atoms with Gasteiger partial charge in [-0.25, -0.2) is 9.67 Å². The molecular formula is C17H18N4O. The normalized spacial score (nSPS) is 13.7. The van der Waals surface area contributed by atoms with E-state index in [1.807, 2.05) is 31.2 Å². The van der Waals surface area contributed by atoms with Crippen LogP contribution in [0.5, 0.6) is 0 Å². The molecule has 2 aromatic carbocycles. The number of nitrogens with zero attached hydrogens (tertiary/aromatic N) is 3. The van der Waals surface area contributed by atoms with Gasteiger partial charge in [-0.2, -0.15) is 5.10 Å². The Labute approximate surface area is 129 Å². The number of hydrogen-bond acceptors (Lipinski definition) is 3. The van der Waals surface area contributed by atoms with E-state index in [1.165, 1.54) is 11.7 Å². The van der Waals surface area contributed by atoms with E-state index in [1.54, 1.807) is 17.9 Å². The van der Waals surface area contributed by atoms with Gasteiger partial charge in [-0.05, 0) is 30.2 Å². The molecular weight excluding hydrogens is 276 g/mol. The van der Waals surface area contributed by atoms with Gasteiger partial charge >= 0.3 is 0 Å². The van der Waals surface area contributed by atoms with E-state index < -0.39 is 0 Å². The summed E-state index contributed by atoms with van der Waals surface area (Å²) in [5.74, 6) is -0.0778. The van der Waals surface area contributed by atoms with Crippen LogP contribution in [-0.4, -0.2) is 20.7 Å². The highest BCUT2D eigenvalue weighted by Gasteiger charge is 2.19. The van der Waals surface area contributed by atoms with E-state index in [-0.39, 0.29) is 18.0 Å². The van der Waals surface area contributed by atoms with Crippen LogP contribution in [0.3, 0.4) is 0 Å². The molecule has 0 aliphatic carbocycles. The van der Waals surface area contributed by atoms with Crippen LogP contribution in [0, 0.1) is 0 Å². The van der Waals surface area contributed by atoms with E-state index in [4.69, 9.17) is 0 Å². The SMILES string of the molecule is CC(NC(=O)C(C)n1cncn1)c1cccc2ccccc12. The van der Waals surface area contributed by atoms with Crippen LogP contribution in [0.15, 0.2) is 55.1 Å². The highest BCUT2D eigenvalue weighted by Crippen LogP contribution is 2.24. The van der Waals surface area contributed by atoms with Crippen LogP contribution >= 0.6 is 0 Å². The van der Waals surface area contributed by atoms with Crippen LogP contribution in [0.2, 0.25) is 0 Å². The Morgan fingerprint density at radius 1 is 1.14 bits per heavy atom. The fourth-order valence-electron chi connectivity index (χ4n) is 2.58. The summed E-state index contributed by atoms with van der Waals surface area (Å²) in [4.78, 5) is 16.2. The third kappa shape index (κ3) is 2.70. The number of amides is 1. The van der Waals surface area contributed by atoms with Crippen molar-refractivity contribution in [1.82, 2.24) is 20.1 Å². The van der Waals surface area contributed by atoms with Gasteiger partial charge in [-0.3, -0.25) is 4.79 Å². The molecule has 1 heterocycles. The van der Waals surface area contributed by atoms with Crippen LogP contribution < -0.4 is 5.32 Å². The first kappa shape index (κ1) is 14.3. The molecule has 0 saturated heterocycles. The zero-order valence-electron chi connectivity index (χ0n) is 12.6. The lowest BCUT2D eigenvalue weighted by Gasteiger charge is -2.19. The molecule has 0 radical (unpaired) electrons. The van der Waals surface area contributed by atoms with Gasteiger partial charge in [0.2, 0.25) is 5.91 Å². The predicted octanol–water partition coefficient (Wildman–Crippen LogP) is 2.87. The largest absolute Gasteiger partial charge is 0.348 e. The smallest absolute Gasteiger partial charge is 0.245 e. The van der Waals surface area contributed by atoms with Crippen molar-refractivity contribution in [3.8, 4) is 0 Å². The minimum atomic E-state index is -0.389. The molecule has 1 aromatic heterocycles. The van der Waals surface area contributed by atoms with Gasteiger partial charge in [0.15, 0.2) is 0 Å². The minimum Gasteiger partial charge on any atom is -0.348 e. The number of carbonyl (C=O) groups excluding carboxylic acids is 1. The number of rotatable bonds is 4. The number of carbonyl (C=O) groups is 1. The molecule has 0 aliphatic heterocycles. The fraction of sp³-hybridized carbons (Fsp3) is 0.235. The summed E-state index contributed by atoms with van der Waals surface area (Å²) < 4.78 is 1.55. The van der Waals surface area contributed by atoms with Crippen molar-refractivity contribution < 1.29 is 4.79 Å². The molecule has 5 heteroatoms. The molecule has 0 fully saturated rings. The summed E-state index contributed by atoms with van der Waals surface area (Å²) in [5, 5.41) is 9.39. The maximum absolute atomic E-state index is 12.4. The van der Waals surface area contributed by atoms with Crippen molar-refractivity contribution in [2.75, 3.05) is 0 Å². The van der Waals surface area contributed by atoms with Crippen LogP contribution in [0.25, 0.3) is 10.8 Å². The Balaban J connectivity index is 1.81. The summed E-state index contributed by atoms with van der Waals surface area (Å²) in [6.45, 7) is 3.80. The molecule has 0 bridgehead atoms. The summed E-state index contributed by atoms with van der Waals surface area (Å²) in [7, 11) is 0. The third-order valence-electron chi connectivity index (χ3n) is 3.86. The lowest BCUT2D eigenvalue weighted by molar-refractivity contribution is -0.124. The molecule has 2 unspecified atom stereocenters. The number of fused-ring (bicyclic) bond motifs is 1. The molecule has 0 spiro atoms. The minimum absolute atomic E-state index is 0.0778. The Hall–Kier alpha value is -2.69. The van der Waals surface area contributed by atoms with E-state index in [0.29, 0.717) is 0 Å². The molecule has 112 valence electrons. The number of aromatic nitrogens is 3. The van der Waals surface area contributed by atoms with Crippen molar-refractivity contribution in [3.63, 3.8) is 0 Å². The van der Waals surface area contributed by atoms with Crippen molar-refractivity contribution in [3.05, 3.63) is 60.7 Å².